The van der Waals surface area contributed by atoms with Crippen molar-refractivity contribution in [1.82, 2.24) is 0 Å². The molecular weight excluding hydrogens is 184 g/mol. The fourth-order valence-electron chi connectivity index (χ4n) is 1.05. The van der Waals surface area contributed by atoms with Crippen molar-refractivity contribution in [3.63, 3.8) is 0 Å². The summed E-state index contributed by atoms with van der Waals surface area (Å²) >= 11 is 1.56. The van der Waals surface area contributed by atoms with E-state index in [4.69, 9.17) is 4.74 Å². The zero-order valence-corrected chi connectivity index (χ0v) is 8.60. The molecule has 0 aliphatic heterocycles. The lowest BCUT2D eigenvalue weighted by Gasteiger charge is -1.99. The lowest BCUT2D eigenvalue weighted by Crippen LogP contribution is -2.00. The van der Waals surface area contributed by atoms with Crippen LogP contribution in [-0.2, 0) is 4.74 Å². The Balaban J connectivity index is 2.19. The zero-order chi connectivity index (χ0) is 9.52. The molecule has 0 unspecified atom stereocenters. The number of rotatable bonds is 6. The van der Waals surface area contributed by atoms with Gasteiger partial charge in [0.25, 0.3) is 0 Å². The standard InChI is InChI=1S/C10H14O2S/c1-2-12-6-3-4-10(11)9-5-7-13-8-9/h5,7-8H,2-4,6H2,1H3. The van der Waals surface area contributed by atoms with Crippen LogP contribution in [0.25, 0.3) is 0 Å². The van der Waals surface area contributed by atoms with Crippen molar-refractivity contribution in [1.29, 1.82) is 0 Å². The molecule has 0 N–H and O–H groups in total. The zero-order valence-electron chi connectivity index (χ0n) is 7.79. The number of Topliss-reactive ketones (excluding diaryl/α,β-unsaturated/α-hetero) is 1. The van der Waals surface area contributed by atoms with E-state index >= 15 is 0 Å². The van der Waals surface area contributed by atoms with E-state index in [1.54, 1.807) is 11.3 Å². The molecule has 3 heteroatoms. The number of carbonyl (C=O) groups is 1. The molecule has 0 aliphatic rings. The smallest absolute Gasteiger partial charge is 0.163 e. The summed E-state index contributed by atoms with van der Waals surface area (Å²) in [5, 5.41) is 3.82. The van der Waals surface area contributed by atoms with Crippen LogP contribution >= 0.6 is 11.3 Å². The predicted octanol–water partition coefficient (Wildman–Crippen LogP) is 2.75. The van der Waals surface area contributed by atoms with Gasteiger partial charge in [-0.1, -0.05) is 0 Å². The van der Waals surface area contributed by atoms with Crippen LogP contribution in [-0.4, -0.2) is 19.0 Å². The molecule has 0 atom stereocenters. The summed E-state index contributed by atoms with van der Waals surface area (Å²) in [7, 11) is 0. The number of hydrogen-bond acceptors (Lipinski definition) is 3. The summed E-state index contributed by atoms with van der Waals surface area (Å²) in [6.45, 7) is 3.37. The molecule has 0 radical (unpaired) electrons. The molecule has 1 heterocycles. The molecule has 0 saturated heterocycles. The molecule has 2 nitrogen and oxygen atoms in total. The minimum Gasteiger partial charge on any atom is -0.382 e. The highest BCUT2D eigenvalue weighted by atomic mass is 32.1. The molecule has 0 spiro atoms. The minimum atomic E-state index is 0.223. The van der Waals surface area contributed by atoms with E-state index in [2.05, 4.69) is 0 Å². The van der Waals surface area contributed by atoms with Crippen LogP contribution in [0.2, 0.25) is 0 Å². The van der Waals surface area contributed by atoms with E-state index in [0.29, 0.717) is 13.0 Å². The largest absolute Gasteiger partial charge is 0.382 e. The molecular formula is C10H14O2S. The van der Waals surface area contributed by atoms with Gasteiger partial charge in [-0.3, -0.25) is 4.79 Å². The van der Waals surface area contributed by atoms with Crippen LogP contribution in [0.1, 0.15) is 30.1 Å². The maximum atomic E-state index is 11.4. The highest BCUT2D eigenvalue weighted by molar-refractivity contribution is 7.08. The van der Waals surface area contributed by atoms with E-state index in [1.165, 1.54) is 0 Å². The van der Waals surface area contributed by atoms with Gasteiger partial charge in [-0.25, -0.2) is 0 Å². The summed E-state index contributed by atoms with van der Waals surface area (Å²) in [5.41, 5.74) is 0.835. The Morgan fingerprint density at radius 2 is 2.46 bits per heavy atom. The van der Waals surface area contributed by atoms with E-state index in [1.807, 2.05) is 23.8 Å². The molecule has 0 aliphatic carbocycles. The number of ether oxygens (including phenoxy) is 1. The minimum absolute atomic E-state index is 0.223. The van der Waals surface area contributed by atoms with Crippen molar-refractivity contribution < 1.29 is 9.53 Å². The van der Waals surface area contributed by atoms with Crippen molar-refractivity contribution in [3.05, 3.63) is 22.4 Å². The first-order valence-electron chi connectivity index (χ1n) is 4.47. The van der Waals surface area contributed by atoms with Gasteiger partial charge in [0.2, 0.25) is 0 Å². The average molecular weight is 198 g/mol. The third-order valence-electron chi connectivity index (χ3n) is 1.74. The first kappa shape index (κ1) is 10.4. The van der Waals surface area contributed by atoms with Gasteiger partial charge in [-0.15, -0.1) is 0 Å². The summed E-state index contributed by atoms with van der Waals surface area (Å²) in [5.74, 6) is 0.223. The third-order valence-corrected chi connectivity index (χ3v) is 2.42. The van der Waals surface area contributed by atoms with Gasteiger partial charge in [0, 0.05) is 30.6 Å². The quantitative estimate of drug-likeness (QED) is 0.519. The lowest BCUT2D eigenvalue weighted by atomic mass is 10.1. The first-order chi connectivity index (χ1) is 6.34. The van der Waals surface area contributed by atoms with E-state index in [0.717, 1.165) is 18.6 Å². The number of carbonyl (C=O) groups excluding carboxylic acids is 1. The van der Waals surface area contributed by atoms with Gasteiger partial charge in [-0.2, -0.15) is 11.3 Å². The number of ketones is 1. The topological polar surface area (TPSA) is 26.3 Å². The van der Waals surface area contributed by atoms with Gasteiger partial charge in [0.1, 0.15) is 0 Å². The van der Waals surface area contributed by atoms with E-state index in [-0.39, 0.29) is 5.78 Å². The fraction of sp³-hybridized carbons (Fsp3) is 0.500. The van der Waals surface area contributed by atoms with Gasteiger partial charge in [0.05, 0.1) is 0 Å². The molecule has 72 valence electrons. The van der Waals surface area contributed by atoms with Crippen LogP contribution < -0.4 is 0 Å². The Morgan fingerprint density at radius 3 is 3.08 bits per heavy atom. The van der Waals surface area contributed by atoms with Gasteiger partial charge < -0.3 is 4.74 Å². The van der Waals surface area contributed by atoms with Gasteiger partial charge >= 0.3 is 0 Å². The second kappa shape index (κ2) is 5.89. The van der Waals surface area contributed by atoms with Gasteiger partial charge in [-0.05, 0) is 24.8 Å². The second-order valence-electron chi connectivity index (χ2n) is 2.74. The molecule has 0 aromatic carbocycles. The highest BCUT2D eigenvalue weighted by Gasteiger charge is 2.04. The van der Waals surface area contributed by atoms with Crippen LogP contribution in [0.15, 0.2) is 16.8 Å². The average Bonchev–Trinajstić information content (AvgIpc) is 2.65. The summed E-state index contributed by atoms with van der Waals surface area (Å²) in [6, 6.07) is 1.87. The Morgan fingerprint density at radius 1 is 1.62 bits per heavy atom. The van der Waals surface area contributed by atoms with E-state index in [9.17, 15) is 4.79 Å². The van der Waals surface area contributed by atoms with E-state index < -0.39 is 0 Å². The molecule has 0 amide bonds. The predicted molar refractivity (Wildman–Crippen MR) is 54.4 cm³/mol. The Bertz CT molecular complexity index is 241. The second-order valence-corrected chi connectivity index (χ2v) is 3.52. The number of thiophene rings is 1. The molecule has 0 fully saturated rings. The molecule has 1 aromatic rings. The Labute approximate surface area is 82.5 Å². The van der Waals surface area contributed by atoms with Crippen LogP contribution in [0.3, 0.4) is 0 Å². The molecule has 1 aromatic heterocycles. The summed E-state index contributed by atoms with van der Waals surface area (Å²) in [6.07, 6.45) is 1.42. The Kier molecular flexibility index (Phi) is 4.72. The monoisotopic (exact) mass is 198 g/mol. The number of hydrogen-bond donors (Lipinski definition) is 0. The SMILES string of the molecule is CCOCCCC(=O)c1ccsc1. The van der Waals surface area contributed by atoms with Crippen molar-refractivity contribution >= 4 is 17.1 Å². The molecule has 13 heavy (non-hydrogen) atoms. The van der Waals surface area contributed by atoms with Crippen LogP contribution in [0.4, 0.5) is 0 Å². The highest BCUT2D eigenvalue weighted by Crippen LogP contribution is 2.09. The van der Waals surface area contributed by atoms with Crippen molar-refractivity contribution in [2.75, 3.05) is 13.2 Å². The van der Waals surface area contributed by atoms with Crippen LogP contribution in [0.5, 0.6) is 0 Å². The van der Waals surface area contributed by atoms with Gasteiger partial charge in [0.15, 0.2) is 5.78 Å². The van der Waals surface area contributed by atoms with Crippen molar-refractivity contribution in [3.8, 4) is 0 Å². The maximum absolute atomic E-state index is 11.4. The summed E-state index contributed by atoms with van der Waals surface area (Å²) in [4.78, 5) is 11.4. The Hall–Kier alpha value is -0.670. The van der Waals surface area contributed by atoms with Crippen molar-refractivity contribution in [2.45, 2.75) is 19.8 Å². The maximum Gasteiger partial charge on any atom is 0.163 e. The molecule has 1 rings (SSSR count). The first-order valence-corrected chi connectivity index (χ1v) is 5.42. The van der Waals surface area contributed by atoms with Crippen molar-refractivity contribution in [2.24, 2.45) is 0 Å². The molecule has 0 bridgehead atoms. The summed E-state index contributed by atoms with van der Waals surface area (Å²) < 4.78 is 5.15. The lowest BCUT2D eigenvalue weighted by molar-refractivity contribution is 0.0947. The third kappa shape index (κ3) is 3.70. The normalized spacial score (nSPS) is 10.2. The van der Waals surface area contributed by atoms with Crippen LogP contribution in [0, 0.1) is 0 Å². The molecule has 0 saturated carbocycles. The fourth-order valence-corrected chi connectivity index (χ4v) is 1.71.